The van der Waals surface area contributed by atoms with Crippen molar-refractivity contribution in [2.75, 3.05) is 36.0 Å². The Kier molecular flexibility index (Phi) is 16.3. The van der Waals surface area contributed by atoms with Crippen LogP contribution in [0.2, 0.25) is 20.1 Å². The van der Waals surface area contributed by atoms with Gasteiger partial charge in [0.1, 0.15) is 35.1 Å². The number of nitrogens with one attached hydrogen (secondary N) is 1. The van der Waals surface area contributed by atoms with Gasteiger partial charge in [-0.05, 0) is 101 Å². The first-order valence-corrected chi connectivity index (χ1v) is 25.8. The van der Waals surface area contributed by atoms with Crippen molar-refractivity contribution in [2.24, 2.45) is 16.6 Å². The zero-order valence-electron chi connectivity index (χ0n) is 40.1. The molecule has 2 aliphatic heterocycles. The maximum absolute atomic E-state index is 12.6. The van der Waals surface area contributed by atoms with Crippen molar-refractivity contribution in [3.63, 3.8) is 0 Å². The van der Waals surface area contributed by atoms with Gasteiger partial charge >= 0.3 is 6.09 Å². The molecule has 4 heterocycles. The lowest BCUT2D eigenvalue weighted by atomic mass is 9.74. The fourth-order valence-electron chi connectivity index (χ4n) is 11.0. The van der Waals surface area contributed by atoms with Crippen molar-refractivity contribution < 1.29 is 29.6 Å². The Morgan fingerprint density at radius 1 is 0.729 bits per heavy atom. The number of aliphatic hydroxyl groups is 2. The van der Waals surface area contributed by atoms with Crippen molar-refractivity contribution in [2.45, 2.75) is 122 Å². The van der Waals surface area contributed by atoms with Gasteiger partial charge in [0, 0.05) is 61.5 Å². The van der Waals surface area contributed by atoms with Gasteiger partial charge in [-0.15, -0.1) is 0 Å². The van der Waals surface area contributed by atoms with Gasteiger partial charge in [0.2, 0.25) is 0 Å². The molecule has 0 bridgehead atoms. The number of carbonyl (C=O) groups is 1. The number of anilines is 2. The SMILES string of the molecule is CC(C)(C)OC(=O)N[C@@H]1CCCC12CCN(c1cc(OCc3ccccc3)c(-c3cccc(Cl)c3Cl)nc1CO)CC2.N[C@@H]1CCCC12CCN(c1cc(O)c(-c3cccc(Cl)c3Cl)nc1CO)CC2. The zero-order chi connectivity index (χ0) is 49.8. The molecule has 2 saturated heterocycles. The number of aliphatic hydroxyl groups excluding tert-OH is 2. The number of aromatic hydroxyl groups is 1. The van der Waals surface area contributed by atoms with Gasteiger partial charge in [0.25, 0.3) is 0 Å². The maximum atomic E-state index is 12.6. The highest BCUT2D eigenvalue weighted by Crippen LogP contribution is 2.50. The van der Waals surface area contributed by atoms with Gasteiger partial charge in [-0.2, -0.15) is 0 Å². The minimum Gasteiger partial charge on any atom is -0.506 e. The lowest BCUT2D eigenvalue weighted by molar-refractivity contribution is 0.0442. The second-order valence-electron chi connectivity index (χ2n) is 20.2. The number of aromatic nitrogens is 2. The summed E-state index contributed by atoms with van der Waals surface area (Å²) in [6.07, 6.45) is 10.2. The number of benzene rings is 3. The molecular weight excluding hydrogens is 970 g/mol. The second kappa shape index (κ2) is 22.1. The Balaban J connectivity index is 0.000000204. The molecule has 2 saturated carbocycles. The first kappa shape index (κ1) is 51.8. The van der Waals surface area contributed by atoms with Gasteiger partial charge in [-0.25, -0.2) is 14.8 Å². The van der Waals surface area contributed by atoms with Crippen molar-refractivity contribution in [1.82, 2.24) is 15.3 Å². The zero-order valence-corrected chi connectivity index (χ0v) is 43.1. The molecule has 12 nitrogen and oxygen atoms in total. The van der Waals surface area contributed by atoms with Crippen LogP contribution in [0.3, 0.4) is 0 Å². The highest BCUT2D eigenvalue weighted by atomic mass is 35.5. The predicted octanol–water partition coefficient (Wildman–Crippen LogP) is 12.1. The van der Waals surface area contributed by atoms with Gasteiger partial charge in [0.15, 0.2) is 0 Å². The number of hydrogen-bond donors (Lipinski definition) is 5. The first-order chi connectivity index (χ1) is 33.5. The van der Waals surface area contributed by atoms with Crippen LogP contribution in [0.5, 0.6) is 11.5 Å². The van der Waals surface area contributed by atoms with Crippen molar-refractivity contribution in [3.05, 3.63) is 116 Å². The lowest BCUT2D eigenvalue weighted by Gasteiger charge is -2.44. The highest BCUT2D eigenvalue weighted by molar-refractivity contribution is 6.44. The molecule has 6 N–H and O–H groups in total. The van der Waals surface area contributed by atoms with Crippen LogP contribution in [-0.4, -0.2) is 75.2 Å². The third-order valence-corrected chi connectivity index (χ3v) is 16.5. The number of pyridine rings is 2. The molecule has 2 aromatic heterocycles. The summed E-state index contributed by atoms with van der Waals surface area (Å²) in [6.45, 7) is 8.78. The van der Waals surface area contributed by atoms with Crippen LogP contribution < -0.4 is 25.6 Å². The Hall–Kier alpha value is -4.53. The Morgan fingerprint density at radius 3 is 1.81 bits per heavy atom. The van der Waals surface area contributed by atoms with E-state index in [1.807, 2.05) is 69.3 Å². The molecule has 2 aliphatic carbocycles. The lowest BCUT2D eigenvalue weighted by Crippen LogP contribution is -2.51. The number of amides is 1. The average Bonchev–Trinajstić information content (AvgIpc) is 3.90. The summed E-state index contributed by atoms with van der Waals surface area (Å²) in [5.74, 6) is 0.593. The van der Waals surface area contributed by atoms with E-state index < -0.39 is 5.60 Å². The molecule has 4 fully saturated rings. The van der Waals surface area contributed by atoms with Crippen molar-refractivity contribution in [3.8, 4) is 34.0 Å². The number of alkyl carbamates (subject to hydrolysis) is 1. The minimum atomic E-state index is -0.533. The molecule has 0 unspecified atom stereocenters. The molecule has 2 spiro atoms. The van der Waals surface area contributed by atoms with Gasteiger partial charge in [0.05, 0.1) is 56.1 Å². The van der Waals surface area contributed by atoms with E-state index in [1.54, 1.807) is 30.3 Å². The molecule has 5 aromatic rings. The van der Waals surface area contributed by atoms with E-state index in [9.17, 15) is 20.1 Å². The van der Waals surface area contributed by atoms with Gasteiger partial charge in [-0.1, -0.05) is 114 Å². The first-order valence-electron chi connectivity index (χ1n) is 24.3. The van der Waals surface area contributed by atoms with Crippen LogP contribution in [0, 0.1) is 10.8 Å². The van der Waals surface area contributed by atoms with E-state index in [0.29, 0.717) is 66.3 Å². The topological polar surface area (TPSA) is 167 Å². The monoisotopic (exact) mass is 1030 g/mol. The minimum absolute atomic E-state index is 0.0224. The molecular formula is C54H64Cl4N6O6. The summed E-state index contributed by atoms with van der Waals surface area (Å²) in [7, 11) is 0. The van der Waals surface area contributed by atoms with Crippen molar-refractivity contribution in [1.29, 1.82) is 0 Å². The molecule has 4 aliphatic rings. The molecule has 2 atom stereocenters. The number of carbonyl (C=O) groups excluding carboxylic acids is 1. The average molecular weight is 1030 g/mol. The van der Waals surface area contributed by atoms with Crippen LogP contribution in [0.25, 0.3) is 22.5 Å². The summed E-state index contributed by atoms with van der Waals surface area (Å²) in [6, 6.07) is 24.6. The van der Waals surface area contributed by atoms with E-state index in [2.05, 4.69) is 20.1 Å². The van der Waals surface area contributed by atoms with E-state index in [0.717, 1.165) is 94.5 Å². The van der Waals surface area contributed by atoms with Crippen LogP contribution in [0.4, 0.5) is 16.2 Å². The van der Waals surface area contributed by atoms with Crippen LogP contribution >= 0.6 is 46.4 Å². The fourth-order valence-corrected chi connectivity index (χ4v) is 11.8. The summed E-state index contributed by atoms with van der Waals surface area (Å²) in [5, 5.41) is 35.7. The summed E-state index contributed by atoms with van der Waals surface area (Å²) >= 11 is 25.4. The maximum Gasteiger partial charge on any atom is 0.407 e. The molecule has 16 heteroatoms. The molecule has 9 rings (SSSR count). The number of nitrogens with zero attached hydrogens (tertiary/aromatic N) is 4. The molecule has 0 radical (unpaired) electrons. The quantitative estimate of drug-likeness (QED) is 0.0903. The summed E-state index contributed by atoms with van der Waals surface area (Å²) in [4.78, 5) is 26.5. The Bertz CT molecular complexity index is 2630. The fraction of sp³-hybridized carbons (Fsp3) is 0.463. The van der Waals surface area contributed by atoms with Gasteiger partial charge < -0.3 is 45.6 Å². The second-order valence-corrected chi connectivity index (χ2v) is 21.8. The van der Waals surface area contributed by atoms with Gasteiger partial charge in [-0.3, -0.25) is 0 Å². The molecule has 70 heavy (non-hydrogen) atoms. The number of ether oxygens (including phenoxy) is 2. The smallest absolute Gasteiger partial charge is 0.407 e. The third kappa shape index (κ3) is 11.4. The molecule has 1 amide bonds. The van der Waals surface area contributed by atoms with Crippen LogP contribution in [-0.2, 0) is 24.6 Å². The normalized spacial score (nSPS) is 19.5. The Labute approximate surface area is 431 Å². The molecule has 374 valence electrons. The number of halogens is 4. The van der Waals surface area contributed by atoms with E-state index in [1.165, 1.54) is 12.8 Å². The Morgan fingerprint density at radius 2 is 1.26 bits per heavy atom. The predicted molar refractivity (Wildman–Crippen MR) is 280 cm³/mol. The third-order valence-electron chi connectivity index (χ3n) is 14.8. The number of piperidine rings is 2. The molecule has 3 aromatic carbocycles. The summed E-state index contributed by atoms with van der Waals surface area (Å²) < 4.78 is 11.9. The number of nitrogens with two attached hydrogens (primary N) is 1. The highest BCUT2D eigenvalue weighted by Gasteiger charge is 2.46. The van der Waals surface area contributed by atoms with E-state index >= 15 is 0 Å². The van der Waals surface area contributed by atoms with E-state index in [4.69, 9.17) is 66.6 Å². The van der Waals surface area contributed by atoms with Crippen molar-refractivity contribution >= 4 is 63.9 Å². The van der Waals surface area contributed by atoms with E-state index in [-0.39, 0.29) is 48.0 Å². The standard InChI is InChI=1S/C33H39Cl2N3O4.C21H25Cl2N3O2/c1-32(2,3)42-31(40)37-28-13-8-14-33(28)15-17-38(18-16-33)26-19-27(41-21-22-9-5-4-6-10-22)30(36-25(26)20-39)23-11-7-12-24(34)29(23)35;22-14-4-1-3-13(19(14)23)20-17(28)11-16(15(12-27)25-20)26-9-7-21(8-10-26)6-2-5-18(21)24/h4-7,9-12,19,28,39H,8,13-18,20-21H2,1-3H3,(H,37,40);1,3-4,11,18,27-28H,2,5-10,12,24H2/t28-;18-/m11/s1. The number of rotatable bonds is 10. The number of hydrogen-bond acceptors (Lipinski definition) is 11. The van der Waals surface area contributed by atoms with Crippen LogP contribution in [0.15, 0.2) is 78.9 Å². The summed E-state index contributed by atoms with van der Waals surface area (Å²) in [5.41, 5.74) is 11.9. The largest absolute Gasteiger partial charge is 0.506 e. The van der Waals surface area contributed by atoms with Crippen LogP contribution in [0.1, 0.15) is 102 Å².